The first-order valence-corrected chi connectivity index (χ1v) is 6.01. The van der Waals surface area contributed by atoms with Gasteiger partial charge in [-0.15, -0.1) is 0 Å². The lowest BCUT2D eigenvalue weighted by Gasteiger charge is -2.35. The van der Waals surface area contributed by atoms with Gasteiger partial charge in [-0.3, -0.25) is 14.3 Å². The van der Waals surface area contributed by atoms with E-state index in [1.165, 1.54) is 11.5 Å². The number of aromatic nitrogens is 2. The topological polar surface area (TPSA) is 75.1 Å². The van der Waals surface area contributed by atoms with E-state index in [0.29, 0.717) is 0 Å². The van der Waals surface area contributed by atoms with Crippen LogP contribution < -0.4 is 11.2 Å². The molecule has 0 bridgehead atoms. The van der Waals surface area contributed by atoms with E-state index in [4.69, 9.17) is 0 Å². The highest BCUT2D eigenvalue weighted by molar-refractivity contribution is 5.22. The van der Waals surface area contributed by atoms with E-state index in [-0.39, 0.29) is 17.0 Å². The van der Waals surface area contributed by atoms with Crippen molar-refractivity contribution in [3.05, 3.63) is 26.4 Å². The highest BCUT2D eigenvalue weighted by Gasteiger charge is 2.32. The van der Waals surface area contributed by atoms with E-state index in [9.17, 15) is 14.7 Å². The maximum absolute atomic E-state index is 11.9. The summed E-state index contributed by atoms with van der Waals surface area (Å²) in [6, 6.07) is 0. The third kappa shape index (κ3) is 1.90. The van der Waals surface area contributed by atoms with E-state index >= 15 is 0 Å². The Morgan fingerprint density at radius 1 is 1.24 bits per heavy atom. The van der Waals surface area contributed by atoms with Crippen molar-refractivity contribution in [2.24, 2.45) is 0 Å². The molecule has 5 nitrogen and oxygen atoms in total. The Hall–Kier alpha value is -1.52. The molecule has 2 N–H and O–H groups in total. The van der Waals surface area contributed by atoms with Crippen molar-refractivity contribution in [1.82, 2.24) is 9.55 Å². The van der Waals surface area contributed by atoms with Crippen LogP contribution in [0.2, 0.25) is 0 Å². The fourth-order valence-electron chi connectivity index (χ4n) is 2.65. The minimum atomic E-state index is -0.512. The smallest absolute Gasteiger partial charge is 0.331 e. The zero-order chi connectivity index (χ0) is 12.6. The maximum atomic E-state index is 11.9. The minimum Gasteiger partial charge on any atom is -0.494 e. The molecule has 1 heterocycles. The molecule has 1 aliphatic rings. The molecule has 0 radical (unpaired) electrons. The van der Waals surface area contributed by atoms with Crippen LogP contribution in [0, 0.1) is 6.92 Å². The van der Waals surface area contributed by atoms with Gasteiger partial charge in [0.2, 0.25) is 5.88 Å². The van der Waals surface area contributed by atoms with Crippen LogP contribution in [0.5, 0.6) is 5.88 Å². The van der Waals surface area contributed by atoms with Crippen LogP contribution in [0.4, 0.5) is 0 Å². The number of H-pyrrole nitrogens is 1. The van der Waals surface area contributed by atoms with Gasteiger partial charge in [-0.25, -0.2) is 4.79 Å². The van der Waals surface area contributed by atoms with Crippen molar-refractivity contribution in [2.75, 3.05) is 0 Å². The summed E-state index contributed by atoms with van der Waals surface area (Å²) < 4.78 is 1.35. The number of aromatic hydroxyl groups is 1. The largest absolute Gasteiger partial charge is 0.494 e. The quantitative estimate of drug-likeness (QED) is 0.772. The normalized spacial score (nSPS) is 19.2. The van der Waals surface area contributed by atoms with Crippen LogP contribution in [0.3, 0.4) is 0 Å². The summed E-state index contributed by atoms with van der Waals surface area (Å²) in [6.07, 6.45) is 4.95. The summed E-state index contributed by atoms with van der Waals surface area (Å²) in [5.74, 6) is -0.192. The average molecular weight is 238 g/mol. The van der Waals surface area contributed by atoms with E-state index < -0.39 is 11.2 Å². The van der Waals surface area contributed by atoms with Gasteiger partial charge < -0.3 is 5.11 Å². The predicted octanol–water partition coefficient (Wildman–Crippen LogP) is 1.23. The molecule has 1 aliphatic carbocycles. The van der Waals surface area contributed by atoms with Gasteiger partial charge in [0.15, 0.2) is 0 Å². The molecule has 0 amide bonds. The van der Waals surface area contributed by atoms with Gasteiger partial charge >= 0.3 is 5.69 Å². The van der Waals surface area contributed by atoms with Crippen LogP contribution in [-0.4, -0.2) is 14.7 Å². The molecule has 17 heavy (non-hydrogen) atoms. The number of rotatable bonds is 1. The Morgan fingerprint density at radius 2 is 1.82 bits per heavy atom. The zero-order valence-electron chi connectivity index (χ0n) is 10.2. The molecule has 0 aliphatic heterocycles. The fourth-order valence-corrected chi connectivity index (χ4v) is 2.65. The Morgan fingerprint density at radius 3 is 2.41 bits per heavy atom. The van der Waals surface area contributed by atoms with Crippen LogP contribution in [0.25, 0.3) is 0 Å². The highest BCUT2D eigenvalue weighted by atomic mass is 16.3. The van der Waals surface area contributed by atoms with Gasteiger partial charge in [0, 0.05) is 5.54 Å². The van der Waals surface area contributed by atoms with E-state index in [2.05, 4.69) is 4.98 Å². The molecule has 1 aromatic heterocycles. The summed E-state index contributed by atoms with van der Waals surface area (Å²) >= 11 is 0. The molecule has 5 heteroatoms. The fraction of sp³-hybridized carbons (Fsp3) is 0.667. The van der Waals surface area contributed by atoms with Gasteiger partial charge in [-0.2, -0.15) is 0 Å². The monoisotopic (exact) mass is 238 g/mol. The third-order valence-corrected chi connectivity index (χ3v) is 3.78. The van der Waals surface area contributed by atoms with Crippen molar-refractivity contribution in [3.63, 3.8) is 0 Å². The van der Waals surface area contributed by atoms with Gasteiger partial charge in [0.05, 0.1) is 5.56 Å². The molecule has 1 aromatic rings. The first-order valence-electron chi connectivity index (χ1n) is 6.01. The standard InChI is InChI=1S/C12H18N2O3/c1-8-9(15)13-11(17)14(10(8)16)12(2)6-4-3-5-7-12/h16H,3-7H2,1-2H3,(H,13,15,17). The van der Waals surface area contributed by atoms with Crippen LogP contribution >= 0.6 is 0 Å². The molecule has 0 unspecified atom stereocenters. The van der Waals surface area contributed by atoms with Crippen molar-refractivity contribution < 1.29 is 5.11 Å². The first-order chi connectivity index (χ1) is 7.96. The van der Waals surface area contributed by atoms with Gasteiger partial charge in [-0.05, 0) is 26.7 Å². The first kappa shape index (κ1) is 12.0. The summed E-state index contributed by atoms with van der Waals surface area (Å²) in [6.45, 7) is 3.49. The molecule has 0 saturated heterocycles. The lowest BCUT2D eigenvalue weighted by atomic mass is 9.83. The van der Waals surface area contributed by atoms with E-state index in [1.54, 1.807) is 0 Å². The van der Waals surface area contributed by atoms with Crippen LogP contribution in [0.15, 0.2) is 9.59 Å². The van der Waals surface area contributed by atoms with Crippen molar-refractivity contribution in [1.29, 1.82) is 0 Å². The number of aromatic amines is 1. The molecular weight excluding hydrogens is 220 g/mol. The number of hydrogen-bond acceptors (Lipinski definition) is 3. The van der Waals surface area contributed by atoms with Crippen LogP contribution in [0.1, 0.15) is 44.6 Å². The predicted molar refractivity (Wildman–Crippen MR) is 64.5 cm³/mol. The summed E-state index contributed by atoms with van der Waals surface area (Å²) in [5, 5.41) is 10.0. The Labute approximate surface area is 99.1 Å². The second-order valence-electron chi connectivity index (χ2n) is 5.10. The molecule has 1 saturated carbocycles. The summed E-state index contributed by atoms with van der Waals surface area (Å²) in [4.78, 5) is 25.5. The van der Waals surface area contributed by atoms with Crippen molar-refractivity contribution >= 4 is 0 Å². The SMILES string of the molecule is Cc1c(O)n(C2(C)CCCCC2)c(=O)[nH]c1=O. The minimum absolute atomic E-state index is 0.192. The molecule has 0 spiro atoms. The molecule has 0 aromatic carbocycles. The van der Waals surface area contributed by atoms with E-state index in [1.807, 2.05) is 6.92 Å². The maximum Gasteiger partial charge on any atom is 0.331 e. The van der Waals surface area contributed by atoms with Crippen molar-refractivity contribution in [2.45, 2.75) is 51.5 Å². The molecule has 2 rings (SSSR count). The van der Waals surface area contributed by atoms with Gasteiger partial charge in [-0.1, -0.05) is 19.3 Å². The highest BCUT2D eigenvalue weighted by Crippen LogP contribution is 2.35. The molecule has 1 fully saturated rings. The number of hydrogen-bond donors (Lipinski definition) is 2. The average Bonchev–Trinajstić information content (AvgIpc) is 2.26. The zero-order valence-corrected chi connectivity index (χ0v) is 10.2. The third-order valence-electron chi connectivity index (χ3n) is 3.78. The van der Waals surface area contributed by atoms with Gasteiger partial charge in [0.1, 0.15) is 0 Å². The lowest BCUT2D eigenvalue weighted by molar-refractivity contribution is 0.187. The number of nitrogens with zero attached hydrogens (tertiary/aromatic N) is 1. The molecule has 0 atom stereocenters. The van der Waals surface area contributed by atoms with Crippen molar-refractivity contribution in [3.8, 4) is 5.88 Å². The molecular formula is C12H18N2O3. The Bertz CT molecular complexity index is 536. The van der Waals surface area contributed by atoms with Crippen LogP contribution in [-0.2, 0) is 5.54 Å². The summed E-state index contributed by atoms with van der Waals surface area (Å²) in [5.41, 5.74) is -1.20. The Balaban J connectivity index is 2.63. The summed E-state index contributed by atoms with van der Waals surface area (Å²) in [7, 11) is 0. The second-order valence-corrected chi connectivity index (χ2v) is 5.10. The second kappa shape index (κ2) is 4.05. The van der Waals surface area contributed by atoms with E-state index in [0.717, 1.165) is 32.1 Å². The number of nitrogens with one attached hydrogen (secondary N) is 1. The molecule has 94 valence electrons. The lowest BCUT2D eigenvalue weighted by Crippen LogP contribution is -2.44. The Kier molecular flexibility index (Phi) is 2.85. The van der Waals surface area contributed by atoms with Gasteiger partial charge in [0.25, 0.3) is 5.56 Å².